The largest absolute Gasteiger partial charge is 0.367 e. The maximum absolute atomic E-state index is 13.0. The Labute approximate surface area is 142 Å². The Hall–Kier alpha value is -0.660. The Morgan fingerprint density at radius 2 is 1.35 bits per heavy atom. The van der Waals surface area contributed by atoms with E-state index in [1.54, 1.807) is 0 Å². The predicted molar refractivity (Wildman–Crippen MR) is 99.9 cm³/mol. The van der Waals surface area contributed by atoms with Crippen LogP contribution in [0.2, 0.25) is 0 Å². The van der Waals surface area contributed by atoms with E-state index in [1.807, 2.05) is 0 Å². The van der Waals surface area contributed by atoms with E-state index in [9.17, 15) is 8.76 Å². The molecule has 0 aromatic heterocycles. The molecule has 134 valence electrons. The molecular formula is C19H34FO2P. The van der Waals surface area contributed by atoms with Crippen molar-refractivity contribution in [2.75, 3.05) is 13.3 Å². The quantitative estimate of drug-likeness (QED) is 0.176. The Bertz CT molecular complexity index is 389. The molecule has 23 heavy (non-hydrogen) atoms. The number of unbranched alkanes of at least 4 members (excludes halogenated alkanes) is 6. The van der Waals surface area contributed by atoms with Crippen molar-refractivity contribution in [3.63, 3.8) is 0 Å². The van der Waals surface area contributed by atoms with Crippen molar-refractivity contribution in [1.29, 1.82) is 0 Å². The van der Waals surface area contributed by atoms with Crippen molar-refractivity contribution in [3.8, 4) is 0 Å². The van der Waals surface area contributed by atoms with Crippen LogP contribution in [0.5, 0.6) is 0 Å². The average molecular weight is 344 g/mol. The number of hydrogen-bond donors (Lipinski definition) is 0. The number of halogens is 1. The van der Waals surface area contributed by atoms with Gasteiger partial charge in [-0.05, 0) is 38.5 Å². The molecule has 0 saturated heterocycles. The molecule has 0 radical (unpaired) electrons. The van der Waals surface area contributed by atoms with Crippen molar-refractivity contribution < 1.29 is 13.3 Å². The summed E-state index contributed by atoms with van der Waals surface area (Å²) in [5.74, 6) is 0. The van der Waals surface area contributed by atoms with Crippen LogP contribution in [0.4, 0.5) is 4.20 Å². The van der Waals surface area contributed by atoms with Gasteiger partial charge >= 0.3 is 7.68 Å². The highest BCUT2D eigenvalue weighted by atomic mass is 31.2. The molecule has 0 rings (SSSR count). The Balaban J connectivity index is 3.31. The van der Waals surface area contributed by atoms with Crippen LogP contribution in [0, 0.1) is 0 Å². The standard InChI is InChI=1S/C19H34FO2P/c1-3-4-5-6-7-8-9-10-11-12-13-14-15-16-17-18-19-23(20,21)22-2/h4-5,7-8,10-11H,3,6,9,12-19H2,1-2H3/b5-4-,8-7-,11-10-/t23-/m1/s1. The van der Waals surface area contributed by atoms with Crippen LogP contribution < -0.4 is 0 Å². The van der Waals surface area contributed by atoms with Gasteiger partial charge in [-0.3, -0.25) is 4.57 Å². The van der Waals surface area contributed by atoms with Crippen molar-refractivity contribution in [2.24, 2.45) is 0 Å². The minimum Gasteiger partial charge on any atom is -0.309 e. The van der Waals surface area contributed by atoms with Gasteiger partial charge in [-0.25, -0.2) is 0 Å². The van der Waals surface area contributed by atoms with E-state index in [2.05, 4.69) is 47.9 Å². The monoisotopic (exact) mass is 344 g/mol. The lowest BCUT2D eigenvalue weighted by molar-refractivity contribution is 0.354. The van der Waals surface area contributed by atoms with Gasteiger partial charge in [0, 0.05) is 7.11 Å². The summed E-state index contributed by atoms with van der Waals surface area (Å²) < 4.78 is 28.4. The molecule has 1 atom stereocenters. The van der Waals surface area contributed by atoms with E-state index < -0.39 is 7.68 Å². The fourth-order valence-corrected chi connectivity index (χ4v) is 2.97. The maximum Gasteiger partial charge on any atom is 0.367 e. The first-order chi connectivity index (χ1) is 11.1. The lowest BCUT2D eigenvalue weighted by atomic mass is 10.1. The van der Waals surface area contributed by atoms with Gasteiger partial charge in [0.15, 0.2) is 0 Å². The van der Waals surface area contributed by atoms with Crippen LogP contribution in [0.25, 0.3) is 0 Å². The van der Waals surface area contributed by atoms with E-state index in [0.29, 0.717) is 6.42 Å². The van der Waals surface area contributed by atoms with Gasteiger partial charge in [0.2, 0.25) is 0 Å². The summed E-state index contributed by atoms with van der Waals surface area (Å²) in [6.07, 6.45) is 23.9. The highest BCUT2D eigenvalue weighted by Gasteiger charge is 2.18. The SMILES string of the molecule is CC/C=C\C/C=C\C/C=C\CCCCCCCC[P@](=O)(F)OC. The predicted octanol–water partition coefficient (Wildman–Crippen LogP) is 7.38. The zero-order valence-corrected chi connectivity index (χ0v) is 15.8. The van der Waals surface area contributed by atoms with Crippen LogP contribution in [-0.4, -0.2) is 13.3 Å². The number of rotatable bonds is 15. The fraction of sp³-hybridized carbons (Fsp3) is 0.684. The van der Waals surface area contributed by atoms with E-state index in [-0.39, 0.29) is 6.16 Å². The van der Waals surface area contributed by atoms with Crippen LogP contribution in [0.1, 0.15) is 71.1 Å². The first-order valence-corrected chi connectivity index (χ1v) is 10.6. The zero-order chi connectivity index (χ0) is 17.2. The molecular weight excluding hydrogens is 310 g/mol. The van der Waals surface area contributed by atoms with E-state index in [0.717, 1.165) is 38.5 Å². The lowest BCUT2D eigenvalue weighted by Gasteiger charge is -2.05. The van der Waals surface area contributed by atoms with Gasteiger partial charge in [0.05, 0.1) is 6.16 Å². The molecule has 0 bridgehead atoms. The van der Waals surface area contributed by atoms with Crippen LogP contribution >= 0.6 is 7.68 Å². The summed E-state index contributed by atoms with van der Waals surface area (Å²) in [6.45, 7) is 2.15. The van der Waals surface area contributed by atoms with Gasteiger partial charge in [0.25, 0.3) is 0 Å². The molecule has 0 spiro atoms. The lowest BCUT2D eigenvalue weighted by Crippen LogP contribution is -1.88. The molecule has 4 heteroatoms. The smallest absolute Gasteiger partial charge is 0.309 e. The first kappa shape index (κ1) is 22.3. The van der Waals surface area contributed by atoms with Crippen LogP contribution in [-0.2, 0) is 9.09 Å². The normalized spacial score (nSPS) is 15.1. The van der Waals surface area contributed by atoms with E-state index in [1.165, 1.54) is 26.4 Å². The van der Waals surface area contributed by atoms with Crippen molar-refractivity contribution in [3.05, 3.63) is 36.5 Å². The Morgan fingerprint density at radius 3 is 1.96 bits per heavy atom. The first-order valence-electron chi connectivity index (χ1n) is 8.92. The maximum atomic E-state index is 13.0. The van der Waals surface area contributed by atoms with Crippen LogP contribution in [0.3, 0.4) is 0 Å². The Kier molecular flexibility index (Phi) is 15.7. The molecule has 0 aromatic carbocycles. The fourth-order valence-electron chi connectivity index (χ4n) is 2.19. The minimum atomic E-state index is -3.78. The second kappa shape index (κ2) is 16.2. The summed E-state index contributed by atoms with van der Waals surface area (Å²) in [6, 6.07) is 0. The molecule has 0 amide bonds. The summed E-state index contributed by atoms with van der Waals surface area (Å²) in [5.41, 5.74) is 0. The zero-order valence-electron chi connectivity index (χ0n) is 14.9. The third kappa shape index (κ3) is 17.5. The second-order valence-electron chi connectivity index (χ2n) is 5.70. The molecule has 0 aromatic rings. The van der Waals surface area contributed by atoms with E-state index >= 15 is 0 Å². The molecule has 2 nitrogen and oxygen atoms in total. The number of hydrogen-bond acceptors (Lipinski definition) is 2. The molecule has 0 N–H and O–H groups in total. The van der Waals surface area contributed by atoms with Gasteiger partial charge in [-0.15, -0.1) is 0 Å². The van der Waals surface area contributed by atoms with E-state index in [4.69, 9.17) is 0 Å². The third-order valence-corrected chi connectivity index (χ3v) is 4.99. The van der Waals surface area contributed by atoms with Crippen molar-refractivity contribution >= 4 is 7.68 Å². The molecule has 0 saturated carbocycles. The van der Waals surface area contributed by atoms with Gasteiger partial charge in [-0.2, -0.15) is 4.20 Å². The highest BCUT2D eigenvalue weighted by Crippen LogP contribution is 2.48. The topological polar surface area (TPSA) is 26.3 Å². The molecule has 0 fully saturated rings. The molecule has 0 heterocycles. The van der Waals surface area contributed by atoms with Crippen molar-refractivity contribution in [2.45, 2.75) is 71.1 Å². The molecule has 0 aliphatic rings. The van der Waals surface area contributed by atoms with Crippen molar-refractivity contribution in [1.82, 2.24) is 0 Å². The van der Waals surface area contributed by atoms with Gasteiger partial charge < -0.3 is 4.52 Å². The summed E-state index contributed by atoms with van der Waals surface area (Å²) in [7, 11) is -2.61. The number of allylic oxidation sites excluding steroid dienone is 6. The molecule has 0 unspecified atom stereocenters. The summed E-state index contributed by atoms with van der Waals surface area (Å²) >= 11 is 0. The minimum absolute atomic E-state index is 0.0635. The third-order valence-electron chi connectivity index (χ3n) is 3.60. The van der Waals surface area contributed by atoms with Crippen LogP contribution in [0.15, 0.2) is 36.5 Å². The second-order valence-corrected chi connectivity index (χ2v) is 7.69. The van der Waals surface area contributed by atoms with Gasteiger partial charge in [0.1, 0.15) is 0 Å². The van der Waals surface area contributed by atoms with Gasteiger partial charge in [-0.1, -0.05) is 69.1 Å². The summed E-state index contributed by atoms with van der Waals surface area (Å²) in [5, 5.41) is 0. The molecule has 0 aliphatic carbocycles. The summed E-state index contributed by atoms with van der Waals surface area (Å²) in [4.78, 5) is 0. The average Bonchev–Trinajstić information content (AvgIpc) is 2.54. The Morgan fingerprint density at radius 1 is 0.826 bits per heavy atom. The molecule has 0 aliphatic heterocycles. The highest BCUT2D eigenvalue weighted by molar-refractivity contribution is 7.53.